The van der Waals surface area contributed by atoms with Crippen molar-refractivity contribution in [2.45, 2.75) is 29.8 Å². The molecule has 0 saturated carbocycles. The Morgan fingerprint density at radius 2 is 1.86 bits per heavy atom. The van der Waals surface area contributed by atoms with Crippen LogP contribution in [0.15, 0.2) is 41.3 Å². The molecule has 0 aliphatic carbocycles. The lowest BCUT2D eigenvalue weighted by Gasteiger charge is -2.35. The average molecular weight is 403 g/mol. The fourth-order valence-corrected chi connectivity index (χ4v) is 5.00. The van der Waals surface area contributed by atoms with Crippen LogP contribution in [0, 0.1) is 0 Å². The van der Waals surface area contributed by atoms with Crippen molar-refractivity contribution in [1.29, 1.82) is 0 Å². The third kappa shape index (κ3) is 2.79. The van der Waals surface area contributed by atoms with Gasteiger partial charge < -0.3 is 23.7 Å². The predicted octanol–water partition coefficient (Wildman–Crippen LogP) is 2.24. The van der Waals surface area contributed by atoms with E-state index < -0.39 is 10.1 Å². The first kappa shape index (κ1) is 17.6. The van der Waals surface area contributed by atoms with Crippen molar-refractivity contribution >= 4 is 10.1 Å². The molecule has 7 nitrogen and oxygen atoms in total. The van der Waals surface area contributed by atoms with E-state index in [9.17, 15) is 8.42 Å². The maximum Gasteiger partial charge on any atom is 0.339 e. The highest BCUT2D eigenvalue weighted by molar-refractivity contribution is 7.87. The number of rotatable bonds is 3. The van der Waals surface area contributed by atoms with Crippen molar-refractivity contribution in [3.63, 3.8) is 0 Å². The largest absolute Gasteiger partial charge is 0.488 e. The highest BCUT2D eigenvalue weighted by atomic mass is 32.2. The van der Waals surface area contributed by atoms with Crippen LogP contribution in [-0.2, 0) is 15.5 Å². The molecule has 2 unspecified atom stereocenters. The quantitative estimate of drug-likeness (QED) is 0.787. The van der Waals surface area contributed by atoms with E-state index in [-0.39, 0.29) is 22.2 Å². The highest BCUT2D eigenvalue weighted by Gasteiger charge is 2.46. The zero-order chi connectivity index (χ0) is 19.4. The van der Waals surface area contributed by atoms with Gasteiger partial charge in [-0.25, -0.2) is 0 Å². The molecule has 1 saturated heterocycles. The summed E-state index contributed by atoms with van der Waals surface area (Å²) in [5.74, 6) is 2.01. The number of ether oxygens (including phenoxy) is 3. The molecule has 0 radical (unpaired) electrons. The number of nitrogens with one attached hydrogen (secondary N) is 1. The van der Waals surface area contributed by atoms with E-state index in [4.69, 9.17) is 18.4 Å². The Morgan fingerprint density at radius 1 is 1.07 bits per heavy atom. The summed E-state index contributed by atoms with van der Waals surface area (Å²) in [5, 5.41) is 3.34. The van der Waals surface area contributed by atoms with Crippen LogP contribution >= 0.6 is 0 Å². The summed E-state index contributed by atoms with van der Waals surface area (Å²) in [6, 6.07) is 9.68. The van der Waals surface area contributed by atoms with Gasteiger partial charge in [0, 0.05) is 23.6 Å². The Morgan fingerprint density at radius 3 is 2.71 bits per heavy atom. The minimum absolute atomic E-state index is 0.0273. The maximum absolute atomic E-state index is 12.8. The number of piperidine rings is 1. The van der Waals surface area contributed by atoms with Crippen molar-refractivity contribution in [2.24, 2.45) is 0 Å². The van der Waals surface area contributed by atoms with Gasteiger partial charge in [-0.3, -0.25) is 0 Å². The van der Waals surface area contributed by atoms with Crippen LogP contribution in [0.5, 0.6) is 23.0 Å². The number of hydrogen-bond donors (Lipinski definition) is 1. The number of benzene rings is 2. The molecule has 5 rings (SSSR count). The second kappa shape index (κ2) is 6.28. The van der Waals surface area contributed by atoms with E-state index in [1.807, 2.05) is 0 Å². The summed E-state index contributed by atoms with van der Waals surface area (Å²) >= 11 is 0. The minimum atomic E-state index is -4.00. The SMILES string of the molecule is CC12CCNCC1Oc1ccc(OS(=O)(=O)c3ccc4c(c3)OCCO4)cc12. The molecule has 0 amide bonds. The molecule has 2 aromatic carbocycles. The van der Waals surface area contributed by atoms with Gasteiger partial charge in [-0.2, -0.15) is 8.42 Å². The smallest absolute Gasteiger partial charge is 0.339 e. The number of fused-ring (bicyclic) bond motifs is 4. The standard InChI is InChI=1S/C20H21NO6S/c1-20-6-7-21-12-19(20)26-16-4-2-13(10-15(16)20)27-28(22,23)14-3-5-17-18(11-14)25-9-8-24-17/h2-5,10-11,19,21H,6-9,12H2,1H3. The Kier molecular flexibility index (Phi) is 3.96. The topological polar surface area (TPSA) is 83.1 Å². The van der Waals surface area contributed by atoms with E-state index in [1.54, 1.807) is 24.3 Å². The Hall–Kier alpha value is -2.45. The Balaban J connectivity index is 1.45. The number of hydrogen-bond acceptors (Lipinski definition) is 7. The molecule has 1 N–H and O–H groups in total. The van der Waals surface area contributed by atoms with E-state index in [0.29, 0.717) is 24.7 Å². The van der Waals surface area contributed by atoms with Gasteiger partial charge in [0.25, 0.3) is 0 Å². The van der Waals surface area contributed by atoms with Gasteiger partial charge in [-0.15, -0.1) is 0 Å². The summed E-state index contributed by atoms with van der Waals surface area (Å²) < 4.78 is 48.0. The monoisotopic (exact) mass is 403 g/mol. The van der Waals surface area contributed by atoms with Crippen molar-refractivity contribution in [3.8, 4) is 23.0 Å². The minimum Gasteiger partial charge on any atom is -0.488 e. The van der Waals surface area contributed by atoms with Crippen molar-refractivity contribution in [1.82, 2.24) is 5.32 Å². The van der Waals surface area contributed by atoms with Gasteiger partial charge in [-0.05, 0) is 43.3 Å². The molecule has 28 heavy (non-hydrogen) atoms. The molecule has 3 aliphatic heterocycles. The fraction of sp³-hybridized carbons (Fsp3) is 0.400. The lowest BCUT2D eigenvalue weighted by molar-refractivity contribution is 0.124. The van der Waals surface area contributed by atoms with Crippen LogP contribution in [0.4, 0.5) is 0 Å². The summed E-state index contributed by atoms with van der Waals surface area (Å²) in [6.07, 6.45) is 0.962. The first-order valence-corrected chi connectivity index (χ1v) is 10.7. The molecule has 1 fully saturated rings. The first-order chi connectivity index (χ1) is 13.5. The molecule has 0 bridgehead atoms. The summed E-state index contributed by atoms with van der Waals surface area (Å²) in [7, 11) is -4.00. The molecule has 148 valence electrons. The molecule has 2 atom stereocenters. The van der Waals surface area contributed by atoms with Crippen LogP contribution in [0.2, 0.25) is 0 Å². The summed E-state index contributed by atoms with van der Waals surface area (Å²) in [4.78, 5) is 0.0273. The zero-order valence-electron chi connectivity index (χ0n) is 15.4. The fourth-order valence-electron chi connectivity index (χ4n) is 4.06. The molecule has 0 spiro atoms. The van der Waals surface area contributed by atoms with Crippen molar-refractivity contribution < 1.29 is 26.8 Å². The lowest BCUT2D eigenvalue weighted by Crippen LogP contribution is -2.49. The van der Waals surface area contributed by atoms with E-state index in [1.165, 1.54) is 12.1 Å². The molecular weight excluding hydrogens is 382 g/mol. The van der Waals surface area contributed by atoms with Crippen LogP contribution in [0.3, 0.4) is 0 Å². The van der Waals surface area contributed by atoms with Crippen molar-refractivity contribution in [2.75, 3.05) is 26.3 Å². The van der Waals surface area contributed by atoms with Crippen LogP contribution in [0.1, 0.15) is 18.9 Å². The molecule has 2 aromatic rings. The van der Waals surface area contributed by atoms with Gasteiger partial charge in [0.15, 0.2) is 11.5 Å². The molecule has 3 aliphatic rings. The third-order valence-corrected chi connectivity index (χ3v) is 6.95. The highest BCUT2D eigenvalue weighted by Crippen LogP contribution is 2.47. The normalized spacial score (nSPS) is 25.4. The maximum atomic E-state index is 12.8. The molecule has 8 heteroatoms. The molecule has 0 aromatic heterocycles. The van der Waals surface area contributed by atoms with Gasteiger partial charge in [-0.1, -0.05) is 6.92 Å². The molecular formula is C20H21NO6S. The first-order valence-electron chi connectivity index (χ1n) is 9.32. The van der Waals surface area contributed by atoms with Gasteiger partial charge in [0.1, 0.15) is 35.7 Å². The van der Waals surface area contributed by atoms with Crippen LogP contribution in [0.25, 0.3) is 0 Å². The van der Waals surface area contributed by atoms with E-state index >= 15 is 0 Å². The summed E-state index contributed by atoms with van der Waals surface area (Å²) in [6.45, 7) is 4.66. The Labute approximate surface area is 163 Å². The van der Waals surface area contributed by atoms with Crippen LogP contribution < -0.4 is 23.7 Å². The van der Waals surface area contributed by atoms with Crippen LogP contribution in [-0.4, -0.2) is 40.8 Å². The van der Waals surface area contributed by atoms with Gasteiger partial charge in [0.2, 0.25) is 0 Å². The average Bonchev–Trinajstić information content (AvgIpc) is 2.99. The zero-order valence-corrected chi connectivity index (χ0v) is 16.3. The molecule has 3 heterocycles. The second-order valence-electron chi connectivity index (χ2n) is 7.48. The van der Waals surface area contributed by atoms with E-state index in [2.05, 4.69) is 12.2 Å². The predicted molar refractivity (Wildman–Crippen MR) is 101 cm³/mol. The lowest BCUT2D eigenvalue weighted by atomic mass is 9.74. The van der Waals surface area contributed by atoms with Gasteiger partial charge >= 0.3 is 10.1 Å². The summed E-state index contributed by atoms with van der Waals surface area (Å²) in [5.41, 5.74) is 0.842. The van der Waals surface area contributed by atoms with E-state index in [0.717, 1.165) is 30.8 Å². The second-order valence-corrected chi connectivity index (χ2v) is 9.03. The Bertz CT molecular complexity index is 1040. The van der Waals surface area contributed by atoms with Crippen molar-refractivity contribution in [3.05, 3.63) is 42.0 Å². The third-order valence-electron chi connectivity index (χ3n) is 5.71. The van der Waals surface area contributed by atoms with Gasteiger partial charge in [0.05, 0.1) is 0 Å².